The minimum atomic E-state index is -0.690. The summed E-state index contributed by atoms with van der Waals surface area (Å²) in [5.74, 6) is 0.222. The molecule has 0 saturated carbocycles. The molecule has 0 bridgehead atoms. The third-order valence-electron chi connectivity index (χ3n) is 3.31. The van der Waals surface area contributed by atoms with Gasteiger partial charge in [0.25, 0.3) is 0 Å². The van der Waals surface area contributed by atoms with E-state index in [-0.39, 0.29) is 11.8 Å². The van der Waals surface area contributed by atoms with E-state index in [2.05, 4.69) is 19.1 Å². The molecule has 0 aliphatic carbocycles. The number of carboxylic acid groups (broad SMARTS) is 1. The lowest BCUT2D eigenvalue weighted by atomic mass is 9.84. The van der Waals surface area contributed by atoms with E-state index < -0.39 is 5.97 Å². The van der Waals surface area contributed by atoms with Crippen LogP contribution in [0.25, 0.3) is 0 Å². The molecule has 86 valence electrons. The number of hydrogen-bond donors (Lipinski definition) is 1. The van der Waals surface area contributed by atoms with Crippen molar-refractivity contribution in [3.05, 3.63) is 29.3 Å². The van der Waals surface area contributed by atoms with Gasteiger partial charge in [-0.2, -0.15) is 0 Å². The maximum absolute atomic E-state index is 11.1. The van der Waals surface area contributed by atoms with E-state index in [1.807, 2.05) is 24.8 Å². The van der Waals surface area contributed by atoms with Crippen molar-refractivity contribution in [3.63, 3.8) is 0 Å². The van der Waals surface area contributed by atoms with Crippen molar-refractivity contribution in [3.8, 4) is 0 Å². The van der Waals surface area contributed by atoms with Crippen molar-refractivity contribution in [1.82, 2.24) is 0 Å². The van der Waals surface area contributed by atoms with E-state index in [0.717, 1.165) is 12.2 Å². The summed E-state index contributed by atoms with van der Waals surface area (Å²) in [4.78, 5) is 12.4. The van der Waals surface area contributed by atoms with Gasteiger partial charge in [-0.05, 0) is 36.1 Å². The minimum Gasteiger partial charge on any atom is -0.481 e. The Morgan fingerprint density at radius 3 is 3.00 bits per heavy atom. The molecule has 1 aliphatic rings. The first kappa shape index (κ1) is 11.5. The Morgan fingerprint density at radius 2 is 2.31 bits per heavy atom. The topological polar surface area (TPSA) is 37.3 Å². The normalized spacial score (nSPS) is 21.2. The molecule has 1 aliphatic heterocycles. The van der Waals surface area contributed by atoms with Gasteiger partial charge in [0.1, 0.15) is 0 Å². The quantitative estimate of drug-likeness (QED) is 0.856. The molecule has 0 spiro atoms. The summed E-state index contributed by atoms with van der Waals surface area (Å²) in [5.41, 5.74) is 2.50. The molecule has 16 heavy (non-hydrogen) atoms. The van der Waals surface area contributed by atoms with E-state index in [9.17, 15) is 4.79 Å². The molecule has 1 aromatic carbocycles. The van der Waals surface area contributed by atoms with Crippen molar-refractivity contribution < 1.29 is 9.90 Å². The van der Waals surface area contributed by atoms with Crippen LogP contribution < -0.4 is 0 Å². The molecule has 0 saturated heterocycles. The number of carboxylic acids is 1. The van der Waals surface area contributed by atoms with Gasteiger partial charge in [-0.1, -0.05) is 25.1 Å². The van der Waals surface area contributed by atoms with Crippen LogP contribution in [0.1, 0.15) is 30.4 Å². The number of hydrogen-bond acceptors (Lipinski definition) is 2. The second kappa shape index (κ2) is 4.50. The van der Waals surface area contributed by atoms with Crippen molar-refractivity contribution in [2.45, 2.75) is 31.1 Å². The van der Waals surface area contributed by atoms with Crippen LogP contribution in [0.15, 0.2) is 23.1 Å². The van der Waals surface area contributed by atoms with Crippen LogP contribution >= 0.6 is 11.8 Å². The van der Waals surface area contributed by atoms with Crippen LogP contribution in [-0.2, 0) is 4.79 Å². The van der Waals surface area contributed by atoms with Crippen LogP contribution in [0.5, 0.6) is 0 Å². The van der Waals surface area contributed by atoms with Gasteiger partial charge >= 0.3 is 5.97 Å². The van der Waals surface area contributed by atoms with Gasteiger partial charge in [0.05, 0.1) is 5.92 Å². The van der Waals surface area contributed by atoms with Crippen LogP contribution in [0, 0.1) is 12.8 Å². The number of aliphatic carboxylic acids is 1. The average Bonchev–Trinajstić information content (AvgIpc) is 2.28. The summed E-state index contributed by atoms with van der Waals surface area (Å²) in [6.07, 6.45) is 0.967. The molecule has 0 amide bonds. The van der Waals surface area contributed by atoms with Crippen LogP contribution in [0.4, 0.5) is 0 Å². The first-order valence-corrected chi connectivity index (χ1v) is 6.55. The second-order valence-corrected chi connectivity index (χ2v) is 5.47. The molecule has 1 heterocycles. The van der Waals surface area contributed by atoms with Gasteiger partial charge in [0.2, 0.25) is 0 Å². The lowest BCUT2D eigenvalue weighted by Gasteiger charge is -2.28. The molecule has 2 rings (SSSR count). The van der Waals surface area contributed by atoms with E-state index in [1.54, 1.807) is 0 Å². The minimum absolute atomic E-state index is 0.175. The maximum Gasteiger partial charge on any atom is 0.306 e. The molecule has 2 nitrogen and oxygen atoms in total. The Balaban J connectivity index is 2.40. The monoisotopic (exact) mass is 236 g/mol. The van der Waals surface area contributed by atoms with E-state index in [1.165, 1.54) is 16.0 Å². The number of aryl methyl sites for hydroxylation is 1. The smallest absolute Gasteiger partial charge is 0.306 e. The Morgan fingerprint density at radius 1 is 1.56 bits per heavy atom. The lowest BCUT2D eigenvalue weighted by molar-refractivity contribution is -0.141. The highest BCUT2D eigenvalue weighted by Crippen LogP contribution is 2.42. The molecule has 1 N–H and O–H groups in total. The fraction of sp³-hybridized carbons (Fsp3) is 0.462. The Kier molecular flexibility index (Phi) is 3.24. The van der Waals surface area contributed by atoms with E-state index >= 15 is 0 Å². The highest BCUT2D eigenvalue weighted by atomic mass is 32.2. The summed E-state index contributed by atoms with van der Waals surface area (Å²) in [7, 11) is 0. The molecule has 0 aromatic heterocycles. The zero-order chi connectivity index (χ0) is 11.7. The third kappa shape index (κ3) is 1.96. The first-order valence-electron chi connectivity index (χ1n) is 5.56. The zero-order valence-corrected chi connectivity index (χ0v) is 10.4. The average molecular weight is 236 g/mol. The van der Waals surface area contributed by atoms with Crippen molar-refractivity contribution in [2.75, 3.05) is 5.75 Å². The number of fused-ring (bicyclic) bond motifs is 1. The molecule has 2 unspecified atom stereocenters. The molecule has 0 fully saturated rings. The number of carbonyl (C=O) groups is 1. The molecule has 0 radical (unpaired) electrons. The lowest BCUT2D eigenvalue weighted by Crippen LogP contribution is -2.22. The fourth-order valence-corrected chi connectivity index (χ4v) is 3.56. The van der Waals surface area contributed by atoms with E-state index in [4.69, 9.17) is 5.11 Å². The first-order chi connectivity index (χ1) is 7.61. The number of thioether (sulfide) groups is 1. The van der Waals surface area contributed by atoms with Gasteiger partial charge in [-0.15, -0.1) is 11.8 Å². The van der Waals surface area contributed by atoms with Crippen molar-refractivity contribution in [1.29, 1.82) is 0 Å². The van der Waals surface area contributed by atoms with Crippen LogP contribution in [0.2, 0.25) is 0 Å². The third-order valence-corrected chi connectivity index (χ3v) is 4.60. The van der Waals surface area contributed by atoms with E-state index in [0.29, 0.717) is 0 Å². The van der Waals surface area contributed by atoms with Gasteiger partial charge in [-0.25, -0.2) is 0 Å². The molecule has 3 heteroatoms. The summed E-state index contributed by atoms with van der Waals surface area (Å²) < 4.78 is 0. The highest BCUT2D eigenvalue weighted by molar-refractivity contribution is 7.99. The van der Waals surface area contributed by atoms with Crippen LogP contribution in [0.3, 0.4) is 0 Å². The van der Waals surface area contributed by atoms with Gasteiger partial charge in [0, 0.05) is 4.90 Å². The maximum atomic E-state index is 11.1. The van der Waals surface area contributed by atoms with Crippen molar-refractivity contribution in [2.24, 2.45) is 5.92 Å². The SMILES string of the molecule is Cc1cccc2c1SCCC2C(C)C(=O)O. The fourth-order valence-electron chi connectivity index (χ4n) is 2.30. The Bertz CT molecular complexity index is 414. The van der Waals surface area contributed by atoms with Gasteiger partial charge in [0.15, 0.2) is 0 Å². The summed E-state index contributed by atoms with van der Waals surface area (Å²) in [6, 6.07) is 6.21. The Labute approximate surface area is 100 Å². The summed E-state index contributed by atoms with van der Waals surface area (Å²) in [5, 5.41) is 9.12. The Hall–Kier alpha value is -0.960. The van der Waals surface area contributed by atoms with Gasteiger partial charge in [-0.3, -0.25) is 4.79 Å². The molecule has 2 atom stereocenters. The largest absolute Gasteiger partial charge is 0.481 e. The molecule has 1 aromatic rings. The molecular weight excluding hydrogens is 220 g/mol. The highest BCUT2D eigenvalue weighted by Gasteiger charge is 2.30. The van der Waals surface area contributed by atoms with Crippen LogP contribution in [-0.4, -0.2) is 16.8 Å². The predicted octanol–water partition coefficient (Wildman–Crippen LogP) is 3.30. The number of rotatable bonds is 2. The zero-order valence-electron chi connectivity index (χ0n) is 9.56. The standard InChI is InChI=1S/C13H16O2S/c1-8-4-3-5-11-10(9(2)13(14)15)6-7-16-12(8)11/h3-5,9-10H,6-7H2,1-2H3,(H,14,15). The van der Waals surface area contributed by atoms with Gasteiger partial charge < -0.3 is 5.11 Å². The number of benzene rings is 1. The summed E-state index contributed by atoms with van der Waals surface area (Å²) >= 11 is 1.86. The summed E-state index contributed by atoms with van der Waals surface area (Å²) in [6.45, 7) is 3.91. The van der Waals surface area contributed by atoms with Crippen molar-refractivity contribution >= 4 is 17.7 Å². The molecular formula is C13H16O2S. The predicted molar refractivity (Wildman–Crippen MR) is 66.1 cm³/mol. The second-order valence-electron chi connectivity index (χ2n) is 4.36.